The van der Waals surface area contributed by atoms with E-state index < -0.39 is 11.4 Å². The Morgan fingerprint density at radius 2 is 2.16 bits per heavy atom. The summed E-state index contributed by atoms with van der Waals surface area (Å²) in [5.74, 6) is 0.239. The standard InChI is InChI=1S/C13H18N2O4/c16-12(17)13(5-1-2-6-13)8-10-14-11(15-19-10)9-4-3-7-18-9/h9H,1-8H2,(H,16,17). The topological polar surface area (TPSA) is 85.5 Å². The zero-order chi connectivity index (χ0) is 13.3. The Balaban J connectivity index is 1.73. The SMILES string of the molecule is O=C(O)C1(Cc2nc(C3CCCO3)no2)CCCC1. The zero-order valence-corrected chi connectivity index (χ0v) is 10.8. The smallest absolute Gasteiger partial charge is 0.310 e. The molecule has 0 spiro atoms. The van der Waals surface area contributed by atoms with Crippen LogP contribution in [0.4, 0.5) is 0 Å². The van der Waals surface area contributed by atoms with Crippen LogP contribution in [0.1, 0.15) is 56.3 Å². The lowest BCUT2D eigenvalue weighted by molar-refractivity contribution is -0.148. The van der Waals surface area contributed by atoms with Gasteiger partial charge < -0.3 is 14.4 Å². The van der Waals surface area contributed by atoms with Crippen LogP contribution < -0.4 is 0 Å². The van der Waals surface area contributed by atoms with E-state index in [4.69, 9.17) is 9.26 Å². The van der Waals surface area contributed by atoms with Crippen molar-refractivity contribution in [2.24, 2.45) is 5.41 Å². The second-order valence-corrected chi connectivity index (χ2v) is 5.52. The van der Waals surface area contributed by atoms with Crippen molar-refractivity contribution < 1.29 is 19.2 Å². The molecule has 1 saturated heterocycles. The first-order valence-electron chi connectivity index (χ1n) is 6.87. The highest BCUT2D eigenvalue weighted by Crippen LogP contribution is 2.41. The predicted molar refractivity (Wildman–Crippen MR) is 64.5 cm³/mol. The third kappa shape index (κ3) is 2.36. The molecular weight excluding hydrogens is 248 g/mol. The molecule has 1 aromatic rings. The largest absolute Gasteiger partial charge is 0.481 e. The van der Waals surface area contributed by atoms with E-state index in [1.165, 1.54) is 0 Å². The third-order valence-electron chi connectivity index (χ3n) is 4.21. The van der Waals surface area contributed by atoms with Crippen LogP contribution in [-0.2, 0) is 16.0 Å². The Kier molecular flexibility index (Phi) is 3.26. The molecule has 2 aliphatic rings. The van der Waals surface area contributed by atoms with Gasteiger partial charge in [0.15, 0.2) is 0 Å². The Morgan fingerprint density at radius 3 is 2.79 bits per heavy atom. The van der Waals surface area contributed by atoms with Crippen LogP contribution in [0.25, 0.3) is 0 Å². The number of carbonyl (C=O) groups is 1. The first-order chi connectivity index (χ1) is 9.20. The van der Waals surface area contributed by atoms with Crippen LogP contribution in [0.15, 0.2) is 4.52 Å². The number of aromatic nitrogens is 2. The second-order valence-electron chi connectivity index (χ2n) is 5.52. The van der Waals surface area contributed by atoms with Crippen LogP contribution in [0.3, 0.4) is 0 Å². The average Bonchev–Trinajstić information content (AvgIpc) is 3.10. The number of ether oxygens (including phenoxy) is 1. The zero-order valence-electron chi connectivity index (χ0n) is 10.8. The number of aliphatic carboxylic acids is 1. The summed E-state index contributed by atoms with van der Waals surface area (Å²) < 4.78 is 10.7. The van der Waals surface area contributed by atoms with Gasteiger partial charge in [-0.3, -0.25) is 4.79 Å². The normalized spacial score (nSPS) is 25.8. The fourth-order valence-electron chi connectivity index (χ4n) is 3.06. The number of hydrogen-bond donors (Lipinski definition) is 1. The van der Waals surface area contributed by atoms with Gasteiger partial charge in [-0.1, -0.05) is 18.0 Å². The highest BCUT2D eigenvalue weighted by molar-refractivity contribution is 5.75. The monoisotopic (exact) mass is 266 g/mol. The number of carboxylic acid groups (broad SMARTS) is 1. The summed E-state index contributed by atoms with van der Waals surface area (Å²) in [5, 5.41) is 13.4. The van der Waals surface area contributed by atoms with Gasteiger partial charge in [0.05, 0.1) is 5.41 Å². The third-order valence-corrected chi connectivity index (χ3v) is 4.21. The molecule has 2 fully saturated rings. The summed E-state index contributed by atoms with van der Waals surface area (Å²) in [6.07, 6.45) is 5.47. The minimum absolute atomic E-state index is 0.0816. The molecule has 1 aliphatic heterocycles. The highest BCUT2D eigenvalue weighted by Gasteiger charge is 2.43. The Morgan fingerprint density at radius 1 is 1.37 bits per heavy atom. The van der Waals surface area contributed by atoms with Crippen molar-refractivity contribution in [1.82, 2.24) is 10.1 Å². The summed E-state index contributed by atoms with van der Waals surface area (Å²) in [4.78, 5) is 15.8. The minimum Gasteiger partial charge on any atom is -0.481 e. The summed E-state index contributed by atoms with van der Waals surface area (Å²) >= 11 is 0. The average molecular weight is 266 g/mol. The number of rotatable bonds is 4. The molecule has 1 unspecified atom stereocenters. The van der Waals surface area contributed by atoms with Crippen LogP contribution in [0, 0.1) is 5.41 Å². The van der Waals surface area contributed by atoms with Crippen LogP contribution in [-0.4, -0.2) is 27.8 Å². The molecule has 3 rings (SSSR count). The van der Waals surface area contributed by atoms with E-state index in [0.29, 0.717) is 31.0 Å². The lowest BCUT2D eigenvalue weighted by Gasteiger charge is -2.21. The Labute approximate surface area is 111 Å². The van der Waals surface area contributed by atoms with Gasteiger partial charge in [-0.25, -0.2) is 0 Å². The maximum Gasteiger partial charge on any atom is 0.310 e. The molecule has 1 saturated carbocycles. The van der Waals surface area contributed by atoms with Gasteiger partial charge in [0.25, 0.3) is 0 Å². The quantitative estimate of drug-likeness (QED) is 0.898. The molecule has 0 radical (unpaired) electrons. The molecule has 6 nitrogen and oxygen atoms in total. The van der Waals surface area contributed by atoms with Crippen molar-refractivity contribution in [3.05, 3.63) is 11.7 Å². The van der Waals surface area contributed by atoms with Gasteiger partial charge in [0, 0.05) is 13.0 Å². The molecule has 19 heavy (non-hydrogen) atoms. The van der Waals surface area contributed by atoms with E-state index in [1.54, 1.807) is 0 Å². The van der Waals surface area contributed by atoms with Crippen molar-refractivity contribution >= 4 is 5.97 Å². The van der Waals surface area contributed by atoms with Gasteiger partial charge in [-0.2, -0.15) is 4.98 Å². The minimum atomic E-state index is -0.748. The van der Waals surface area contributed by atoms with Gasteiger partial charge in [0.1, 0.15) is 6.10 Å². The van der Waals surface area contributed by atoms with E-state index in [0.717, 1.165) is 32.3 Å². The summed E-state index contributed by atoms with van der Waals surface area (Å²) in [7, 11) is 0. The van der Waals surface area contributed by atoms with Crippen molar-refractivity contribution in [3.63, 3.8) is 0 Å². The van der Waals surface area contributed by atoms with E-state index in [2.05, 4.69) is 10.1 Å². The summed E-state index contributed by atoms with van der Waals surface area (Å²) in [6.45, 7) is 0.730. The first kappa shape index (κ1) is 12.6. The van der Waals surface area contributed by atoms with E-state index >= 15 is 0 Å². The highest BCUT2D eigenvalue weighted by atomic mass is 16.5. The van der Waals surface area contributed by atoms with Crippen LogP contribution >= 0.6 is 0 Å². The molecule has 1 aromatic heterocycles. The molecule has 0 aromatic carbocycles. The number of carboxylic acids is 1. The predicted octanol–water partition coefficient (Wildman–Crippen LogP) is 2.11. The van der Waals surface area contributed by atoms with Crippen LogP contribution in [0.2, 0.25) is 0 Å². The maximum absolute atomic E-state index is 11.5. The lowest BCUT2D eigenvalue weighted by Crippen LogP contribution is -2.30. The van der Waals surface area contributed by atoms with Gasteiger partial charge in [-0.05, 0) is 25.7 Å². The van der Waals surface area contributed by atoms with Crippen molar-refractivity contribution in [1.29, 1.82) is 0 Å². The Hall–Kier alpha value is -1.43. The molecule has 6 heteroatoms. The maximum atomic E-state index is 11.5. The van der Waals surface area contributed by atoms with E-state index in [9.17, 15) is 9.90 Å². The Bertz CT molecular complexity index is 459. The summed E-state index contributed by atoms with van der Waals surface area (Å²) in [5.41, 5.74) is -0.708. The molecule has 1 atom stereocenters. The van der Waals surface area contributed by atoms with Crippen LogP contribution in [0.5, 0.6) is 0 Å². The summed E-state index contributed by atoms with van der Waals surface area (Å²) in [6, 6.07) is 0. The second kappa shape index (κ2) is 4.92. The molecular formula is C13H18N2O4. The molecule has 104 valence electrons. The van der Waals surface area contributed by atoms with Gasteiger partial charge in [-0.15, -0.1) is 0 Å². The number of hydrogen-bond acceptors (Lipinski definition) is 5. The molecule has 1 N–H and O–H groups in total. The molecule has 2 heterocycles. The molecule has 0 amide bonds. The molecule has 1 aliphatic carbocycles. The van der Waals surface area contributed by atoms with Gasteiger partial charge in [0.2, 0.25) is 11.7 Å². The van der Waals surface area contributed by atoms with E-state index in [-0.39, 0.29) is 6.10 Å². The molecule has 0 bridgehead atoms. The van der Waals surface area contributed by atoms with E-state index in [1.807, 2.05) is 0 Å². The van der Waals surface area contributed by atoms with Crippen molar-refractivity contribution in [3.8, 4) is 0 Å². The van der Waals surface area contributed by atoms with Crippen molar-refractivity contribution in [2.45, 2.75) is 51.0 Å². The fraction of sp³-hybridized carbons (Fsp3) is 0.769. The first-order valence-corrected chi connectivity index (χ1v) is 6.87. The number of nitrogens with zero attached hydrogens (tertiary/aromatic N) is 2. The lowest BCUT2D eigenvalue weighted by atomic mass is 9.83. The van der Waals surface area contributed by atoms with Crippen molar-refractivity contribution in [2.75, 3.05) is 6.61 Å². The fourth-order valence-corrected chi connectivity index (χ4v) is 3.06. The van der Waals surface area contributed by atoms with Gasteiger partial charge >= 0.3 is 5.97 Å².